The summed E-state index contributed by atoms with van der Waals surface area (Å²) in [4.78, 5) is 0. The molecule has 2 N–H and O–H groups in total. The van der Waals surface area contributed by atoms with Crippen molar-refractivity contribution in [3.63, 3.8) is 0 Å². The molecular formula is C13H21N3. The third-order valence-electron chi connectivity index (χ3n) is 4.22. The summed E-state index contributed by atoms with van der Waals surface area (Å²) in [7, 11) is 0. The summed E-state index contributed by atoms with van der Waals surface area (Å²) >= 11 is 0. The maximum absolute atomic E-state index is 5.71. The highest BCUT2D eigenvalue weighted by Crippen LogP contribution is 2.40. The van der Waals surface area contributed by atoms with Crippen LogP contribution in [0.1, 0.15) is 68.3 Å². The highest BCUT2D eigenvalue weighted by Gasteiger charge is 2.28. The molecule has 3 rings (SSSR count). The monoisotopic (exact) mass is 219 g/mol. The fourth-order valence-electron chi connectivity index (χ4n) is 3.01. The summed E-state index contributed by atoms with van der Waals surface area (Å²) in [5.74, 6) is 0.772. The van der Waals surface area contributed by atoms with Gasteiger partial charge in [0.2, 0.25) is 0 Å². The molecule has 0 bridgehead atoms. The average molecular weight is 219 g/mol. The molecule has 0 aromatic carbocycles. The number of hydrogen-bond acceptors (Lipinski definition) is 2. The lowest BCUT2D eigenvalue weighted by molar-refractivity contribution is 0.361. The SMILES string of the molecule is NCc1cc(C2CCC2)n(C2CCCC2)n1. The molecule has 0 aliphatic heterocycles. The number of nitrogens with two attached hydrogens (primary N) is 1. The molecule has 3 heteroatoms. The van der Waals surface area contributed by atoms with Gasteiger partial charge in [0.05, 0.1) is 11.7 Å². The predicted octanol–water partition coefficient (Wildman–Crippen LogP) is 2.72. The lowest BCUT2D eigenvalue weighted by Gasteiger charge is -2.27. The van der Waals surface area contributed by atoms with Crippen molar-refractivity contribution in [3.8, 4) is 0 Å². The molecule has 3 nitrogen and oxygen atoms in total. The lowest BCUT2D eigenvalue weighted by atomic mass is 9.82. The minimum absolute atomic E-state index is 0.583. The highest BCUT2D eigenvalue weighted by atomic mass is 15.3. The van der Waals surface area contributed by atoms with Crippen molar-refractivity contribution in [2.75, 3.05) is 0 Å². The molecular weight excluding hydrogens is 198 g/mol. The number of nitrogens with zero attached hydrogens (tertiary/aromatic N) is 2. The van der Waals surface area contributed by atoms with E-state index in [4.69, 9.17) is 10.8 Å². The molecule has 0 atom stereocenters. The second-order valence-corrected chi connectivity index (χ2v) is 5.28. The van der Waals surface area contributed by atoms with Crippen LogP contribution in [-0.4, -0.2) is 9.78 Å². The Labute approximate surface area is 97.0 Å². The van der Waals surface area contributed by atoms with Crippen LogP contribution >= 0.6 is 0 Å². The van der Waals surface area contributed by atoms with E-state index in [1.54, 1.807) is 0 Å². The largest absolute Gasteiger partial charge is 0.325 e. The van der Waals surface area contributed by atoms with E-state index < -0.39 is 0 Å². The Morgan fingerprint density at radius 3 is 2.50 bits per heavy atom. The summed E-state index contributed by atoms with van der Waals surface area (Å²) in [5, 5.41) is 4.71. The summed E-state index contributed by atoms with van der Waals surface area (Å²) < 4.78 is 2.32. The molecule has 0 saturated heterocycles. The van der Waals surface area contributed by atoms with Crippen molar-refractivity contribution >= 4 is 0 Å². The maximum atomic E-state index is 5.71. The normalized spacial score (nSPS) is 22.6. The molecule has 0 spiro atoms. The first-order valence-electron chi connectivity index (χ1n) is 6.67. The van der Waals surface area contributed by atoms with Crippen molar-refractivity contribution in [2.45, 2.75) is 63.5 Å². The Hall–Kier alpha value is -0.830. The van der Waals surface area contributed by atoms with Gasteiger partial charge >= 0.3 is 0 Å². The quantitative estimate of drug-likeness (QED) is 0.849. The van der Waals surface area contributed by atoms with Gasteiger partial charge in [-0.1, -0.05) is 19.3 Å². The van der Waals surface area contributed by atoms with Crippen LogP contribution in [0.2, 0.25) is 0 Å². The first kappa shape index (κ1) is 10.3. The standard InChI is InChI=1S/C13H21N3/c14-9-11-8-13(10-4-3-5-10)16(15-11)12-6-1-2-7-12/h8,10,12H,1-7,9,14H2. The minimum atomic E-state index is 0.583. The van der Waals surface area contributed by atoms with Gasteiger partial charge in [0.25, 0.3) is 0 Å². The van der Waals surface area contributed by atoms with E-state index in [9.17, 15) is 0 Å². The van der Waals surface area contributed by atoms with Gasteiger partial charge in [0.1, 0.15) is 0 Å². The Balaban J connectivity index is 1.90. The zero-order valence-corrected chi connectivity index (χ0v) is 9.86. The Morgan fingerprint density at radius 1 is 1.19 bits per heavy atom. The van der Waals surface area contributed by atoms with Crippen molar-refractivity contribution in [1.29, 1.82) is 0 Å². The molecule has 0 radical (unpaired) electrons. The van der Waals surface area contributed by atoms with Crippen LogP contribution in [0.3, 0.4) is 0 Å². The molecule has 1 aromatic rings. The third-order valence-corrected chi connectivity index (χ3v) is 4.22. The zero-order valence-electron chi connectivity index (χ0n) is 9.86. The molecule has 2 fully saturated rings. The van der Waals surface area contributed by atoms with Crippen LogP contribution in [0.25, 0.3) is 0 Å². The molecule has 2 aliphatic carbocycles. The summed E-state index contributed by atoms with van der Waals surface area (Å²) in [6.45, 7) is 0.583. The van der Waals surface area contributed by atoms with E-state index in [2.05, 4.69) is 10.7 Å². The summed E-state index contributed by atoms with van der Waals surface area (Å²) in [5.41, 5.74) is 8.26. The van der Waals surface area contributed by atoms with Gasteiger partial charge in [-0.05, 0) is 31.7 Å². The van der Waals surface area contributed by atoms with Crippen molar-refractivity contribution in [3.05, 3.63) is 17.5 Å². The van der Waals surface area contributed by atoms with Crippen LogP contribution in [0.4, 0.5) is 0 Å². The molecule has 88 valence electrons. The van der Waals surface area contributed by atoms with E-state index in [-0.39, 0.29) is 0 Å². The van der Waals surface area contributed by atoms with Gasteiger partial charge in [0.15, 0.2) is 0 Å². The van der Waals surface area contributed by atoms with Crippen molar-refractivity contribution in [2.24, 2.45) is 5.73 Å². The van der Waals surface area contributed by atoms with Gasteiger partial charge in [0, 0.05) is 18.2 Å². The Kier molecular flexibility index (Phi) is 2.72. The highest BCUT2D eigenvalue weighted by molar-refractivity contribution is 5.18. The van der Waals surface area contributed by atoms with Crippen LogP contribution < -0.4 is 5.73 Å². The fraction of sp³-hybridized carbons (Fsp3) is 0.769. The molecule has 1 heterocycles. The van der Waals surface area contributed by atoms with E-state index in [0.717, 1.165) is 11.6 Å². The molecule has 1 aromatic heterocycles. The summed E-state index contributed by atoms with van der Waals surface area (Å²) in [6, 6.07) is 2.92. The molecule has 0 amide bonds. The van der Waals surface area contributed by atoms with Crippen LogP contribution in [0.15, 0.2) is 6.07 Å². The smallest absolute Gasteiger partial charge is 0.0763 e. The zero-order chi connectivity index (χ0) is 11.0. The van der Waals surface area contributed by atoms with Gasteiger partial charge in [-0.25, -0.2) is 0 Å². The average Bonchev–Trinajstić information content (AvgIpc) is 2.81. The second-order valence-electron chi connectivity index (χ2n) is 5.28. The van der Waals surface area contributed by atoms with E-state index in [1.165, 1.54) is 50.6 Å². The lowest BCUT2D eigenvalue weighted by Crippen LogP contribution is -2.17. The third kappa shape index (κ3) is 1.67. The maximum Gasteiger partial charge on any atom is 0.0763 e. The molecule has 2 aliphatic rings. The number of aromatic nitrogens is 2. The number of rotatable bonds is 3. The van der Waals surface area contributed by atoms with Gasteiger partial charge in [-0.2, -0.15) is 5.10 Å². The second kappa shape index (κ2) is 4.21. The van der Waals surface area contributed by atoms with Crippen molar-refractivity contribution in [1.82, 2.24) is 9.78 Å². The Morgan fingerprint density at radius 2 is 1.94 bits per heavy atom. The Bertz CT molecular complexity index is 359. The van der Waals surface area contributed by atoms with Crippen LogP contribution in [0.5, 0.6) is 0 Å². The van der Waals surface area contributed by atoms with Crippen LogP contribution in [0, 0.1) is 0 Å². The van der Waals surface area contributed by atoms with Gasteiger partial charge in [-0.15, -0.1) is 0 Å². The van der Waals surface area contributed by atoms with E-state index >= 15 is 0 Å². The summed E-state index contributed by atoms with van der Waals surface area (Å²) in [6.07, 6.45) is 9.44. The van der Waals surface area contributed by atoms with Gasteiger partial charge < -0.3 is 5.73 Å². The number of hydrogen-bond donors (Lipinski definition) is 1. The fourth-order valence-corrected chi connectivity index (χ4v) is 3.01. The minimum Gasteiger partial charge on any atom is -0.325 e. The van der Waals surface area contributed by atoms with Gasteiger partial charge in [-0.3, -0.25) is 4.68 Å². The molecule has 0 unspecified atom stereocenters. The first-order chi connectivity index (χ1) is 7.88. The first-order valence-corrected chi connectivity index (χ1v) is 6.67. The van der Waals surface area contributed by atoms with E-state index in [0.29, 0.717) is 12.6 Å². The van der Waals surface area contributed by atoms with Crippen LogP contribution in [-0.2, 0) is 6.54 Å². The topological polar surface area (TPSA) is 43.8 Å². The predicted molar refractivity (Wildman–Crippen MR) is 64.2 cm³/mol. The molecule has 2 saturated carbocycles. The van der Waals surface area contributed by atoms with Crippen molar-refractivity contribution < 1.29 is 0 Å². The van der Waals surface area contributed by atoms with E-state index in [1.807, 2.05) is 0 Å². The molecule has 16 heavy (non-hydrogen) atoms.